The van der Waals surface area contributed by atoms with Gasteiger partial charge in [-0.3, -0.25) is 0 Å². The number of anilines is 1. The maximum atomic E-state index is 12.9. The molecule has 2 N–H and O–H groups in total. The zero-order valence-electron chi connectivity index (χ0n) is 10.0. The van der Waals surface area contributed by atoms with Gasteiger partial charge in [0.05, 0.1) is 5.56 Å². The molecule has 0 amide bonds. The van der Waals surface area contributed by atoms with E-state index < -0.39 is 11.7 Å². The Labute approximate surface area is 111 Å². The topological polar surface area (TPSA) is 70.5 Å². The number of aromatic nitrogens is 1. The van der Waals surface area contributed by atoms with E-state index in [0.717, 1.165) is 6.07 Å². The third kappa shape index (κ3) is 2.02. The summed E-state index contributed by atoms with van der Waals surface area (Å²) in [4.78, 5) is 0. The van der Waals surface area contributed by atoms with Gasteiger partial charge in [0.2, 0.25) is 0 Å². The molecule has 3 rings (SSSR count). The number of rotatable bonds is 1. The van der Waals surface area contributed by atoms with Gasteiger partial charge >= 0.3 is 6.18 Å². The molecule has 0 fully saturated rings. The number of nitrogen functional groups attached to an aromatic ring is 1. The molecule has 5 nitrogen and oxygen atoms in total. The summed E-state index contributed by atoms with van der Waals surface area (Å²) in [6.45, 7) is 0.211. The largest absolute Gasteiger partial charge is 0.485 e. The highest BCUT2D eigenvalue weighted by molar-refractivity contribution is 5.73. The minimum Gasteiger partial charge on any atom is -0.485 e. The molecule has 0 atom stereocenters. The maximum Gasteiger partial charge on any atom is 0.420 e. The van der Waals surface area contributed by atoms with Crippen LogP contribution in [-0.4, -0.2) is 18.4 Å². The number of nitrogens with two attached hydrogens (primary N) is 1. The molecule has 8 heteroatoms. The molecule has 1 aliphatic rings. The Morgan fingerprint density at radius 3 is 2.40 bits per heavy atom. The number of ether oxygens (including phenoxy) is 2. The van der Waals surface area contributed by atoms with Crippen LogP contribution in [0.3, 0.4) is 0 Å². The van der Waals surface area contributed by atoms with Gasteiger partial charge < -0.3 is 19.7 Å². The fourth-order valence-corrected chi connectivity index (χ4v) is 1.97. The van der Waals surface area contributed by atoms with Crippen molar-refractivity contribution in [3.63, 3.8) is 0 Å². The van der Waals surface area contributed by atoms with Crippen LogP contribution in [0.5, 0.6) is 11.5 Å². The van der Waals surface area contributed by atoms with E-state index in [2.05, 4.69) is 5.16 Å². The van der Waals surface area contributed by atoms with Crippen molar-refractivity contribution >= 4 is 5.82 Å². The number of nitrogens with zero attached hydrogens (tertiary/aromatic N) is 1. The molecule has 0 saturated heterocycles. The second-order valence-electron chi connectivity index (χ2n) is 4.13. The molecule has 106 valence electrons. The normalized spacial score (nSPS) is 14.3. The van der Waals surface area contributed by atoms with Gasteiger partial charge in [0.1, 0.15) is 18.8 Å². The van der Waals surface area contributed by atoms with E-state index in [1.165, 1.54) is 12.1 Å². The number of halogens is 3. The van der Waals surface area contributed by atoms with Crippen molar-refractivity contribution in [1.82, 2.24) is 5.16 Å². The minimum atomic E-state index is -4.52. The summed E-state index contributed by atoms with van der Waals surface area (Å²) in [6, 6.07) is 3.57. The first-order chi connectivity index (χ1) is 9.47. The average Bonchev–Trinajstić information content (AvgIpc) is 2.83. The van der Waals surface area contributed by atoms with Crippen LogP contribution < -0.4 is 15.2 Å². The van der Waals surface area contributed by atoms with Crippen molar-refractivity contribution in [1.29, 1.82) is 0 Å². The van der Waals surface area contributed by atoms with Crippen molar-refractivity contribution in [2.24, 2.45) is 0 Å². The summed E-state index contributed by atoms with van der Waals surface area (Å²) >= 11 is 0. The SMILES string of the molecule is Nc1cc(-c2ccc(C(F)(F)F)c3c2OCCO3)on1. The molecule has 0 aliphatic carbocycles. The first kappa shape index (κ1) is 12.6. The van der Waals surface area contributed by atoms with E-state index in [1.807, 2.05) is 0 Å². The summed E-state index contributed by atoms with van der Waals surface area (Å²) in [6.07, 6.45) is -4.52. The summed E-state index contributed by atoms with van der Waals surface area (Å²) in [5.41, 5.74) is 4.87. The maximum absolute atomic E-state index is 12.9. The zero-order valence-corrected chi connectivity index (χ0v) is 10.0. The highest BCUT2D eigenvalue weighted by atomic mass is 19.4. The van der Waals surface area contributed by atoms with Gasteiger partial charge in [-0.05, 0) is 12.1 Å². The standard InChI is InChI=1S/C12H9F3N2O3/c13-12(14,15)7-2-1-6(8-5-9(16)17-20-8)10-11(7)19-4-3-18-10/h1-2,5H,3-4H2,(H2,16,17). The molecule has 1 aromatic heterocycles. The van der Waals surface area contributed by atoms with Gasteiger partial charge in [-0.2, -0.15) is 13.2 Å². The molecule has 2 aromatic rings. The second kappa shape index (κ2) is 4.32. The van der Waals surface area contributed by atoms with E-state index >= 15 is 0 Å². The van der Waals surface area contributed by atoms with Crippen molar-refractivity contribution < 1.29 is 27.2 Å². The molecule has 0 radical (unpaired) electrons. The van der Waals surface area contributed by atoms with Crippen molar-refractivity contribution in [3.05, 3.63) is 23.8 Å². The van der Waals surface area contributed by atoms with E-state index in [-0.39, 0.29) is 36.3 Å². The average molecular weight is 286 g/mol. The van der Waals surface area contributed by atoms with E-state index in [1.54, 1.807) is 0 Å². The van der Waals surface area contributed by atoms with Crippen LogP contribution >= 0.6 is 0 Å². The lowest BCUT2D eigenvalue weighted by molar-refractivity contribution is -0.139. The lowest BCUT2D eigenvalue weighted by Gasteiger charge is -2.23. The van der Waals surface area contributed by atoms with Gasteiger partial charge in [-0.1, -0.05) is 5.16 Å². The lowest BCUT2D eigenvalue weighted by Crippen LogP contribution is -2.19. The van der Waals surface area contributed by atoms with Crippen LogP contribution in [0.2, 0.25) is 0 Å². The highest BCUT2D eigenvalue weighted by Crippen LogP contribution is 2.47. The number of hydrogen-bond donors (Lipinski definition) is 1. The third-order valence-corrected chi connectivity index (χ3v) is 2.79. The fourth-order valence-electron chi connectivity index (χ4n) is 1.97. The number of benzene rings is 1. The third-order valence-electron chi connectivity index (χ3n) is 2.79. The Bertz CT molecular complexity index is 652. The predicted octanol–water partition coefficient (Wildman–Crippen LogP) is 2.71. The molecule has 0 spiro atoms. The summed E-state index contributed by atoms with van der Waals surface area (Å²) in [7, 11) is 0. The van der Waals surface area contributed by atoms with Gasteiger partial charge in [-0.25, -0.2) is 0 Å². The molecular formula is C12H9F3N2O3. The van der Waals surface area contributed by atoms with Gasteiger partial charge in [0.25, 0.3) is 0 Å². The quantitative estimate of drug-likeness (QED) is 0.872. The van der Waals surface area contributed by atoms with Crippen LogP contribution in [0.25, 0.3) is 11.3 Å². The molecular weight excluding hydrogens is 277 g/mol. The van der Waals surface area contributed by atoms with Crippen LogP contribution in [0, 0.1) is 0 Å². The number of hydrogen-bond acceptors (Lipinski definition) is 5. The lowest BCUT2D eigenvalue weighted by atomic mass is 10.1. The predicted molar refractivity (Wildman–Crippen MR) is 62.3 cm³/mol. The minimum absolute atomic E-state index is 0.0118. The first-order valence-electron chi connectivity index (χ1n) is 5.69. The van der Waals surface area contributed by atoms with Crippen LogP contribution in [0.15, 0.2) is 22.7 Å². The summed E-state index contributed by atoms with van der Waals surface area (Å²) in [5.74, 6) is 0.00166. The highest BCUT2D eigenvalue weighted by Gasteiger charge is 2.38. The number of alkyl halides is 3. The molecule has 1 aliphatic heterocycles. The molecule has 1 aromatic carbocycles. The molecule has 20 heavy (non-hydrogen) atoms. The molecule has 2 heterocycles. The molecule has 0 unspecified atom stereocenters. The Kier molecular flexibility index (Phi) is 2.73. The second-order valence-corrected chi connectivity index (χ2v) is 4.13. The summed E-state index contributed by atoms with van der Waals surface area (Å²) < 4.78 is 54.1. The Morgan fingerprint density at radius 2 is 1.80 bits per heavy atom. The molecule has 0 bridgehead atoms. The van der Waals surface area contributed by atoms with Gasteiger partial charge in [0.15, 0.2) is 23.1 Å². The van der Waals surface area contributed by atoms with Crippen LogP contribution in [0.4, 0.5) is 19.0 Å². The fraction of sp³-hybridized carbons (Fsp3) is 0.250. The van der Waals surface area contributed by atoms with Crippen molar-refractivity contribution in [3.8, 4) is 22.8 Å². The van der Waals surface area contributed by atoms with E-state index in [4.69, 9.17) is 19.7 Å². The van der Waals surface area contributed by atoms with Crippen molar-refractivity contribution in [2.45, 2.75) is 6.18 Å². The Hall–Kier alpha value is -2.38. The van der Waals surface area contributed by atoms with E-state index in [0.29, 0.717) is 5.56 Å². The van der Waals surface area contributed by atoms with Crippen LogP contribution in [0.1, 0.15) is 5.56 Å². The Balaban J connectivity index is 2.19. The molecule has 0 saturated carbocycles. The van der Waals surface area contributed by atoms with Gasteiger partial charge in [-0.15, -0.1) is 0 Å². The number of fused-ring (bicyclic) bond motifs is 1. The smallest absolute Gasteiger partial charge is 0.420 e. The van der Waals surface area contributed by atoms with E-state index in [9.17, 15) is 13.2 Å². The van der Waals surface area contributed by atoms with Crippen LogP contribution in [-0.2, 0) is 6.18 Å². The zero-order chi connectivity index (χ0) is 14.3. The van der Waals surface area contributed by atoms with Gasteiger partial charge in [0, 0.05) is 6.07 Å². The monoisotopic (exact) mass is 286 g/mol. The summed E-state index contributed by atoms with van der Waals surface area (Å²) in [5, 5.41) is 3.50. The Morgan fingerprint density at radius 1 is 1.10 bits per heavy atom. The van der Waals surface area contributed by atoms with Crippen molar-refractivity contribution in [2.75, 3.05) is 18.9 Å². The first-order valence-corrected chi connectivity index (χ1v) is 5.69.